The molecule has 2 aromatic rings. The number of carbonyl (C=O) groups is 3. The molecule has 0 atom stereocenters. The summed E-state index contributed by atoms with van der Waals surface area (Å²) in [5, 5.41) is 18.9. The number of guanidine groups is 1. The number of amides is 3. The first kappa shape index (κ1) is 17.0. The zero-order chi connectivity index (χ0) is 18.8. The van der Waals surface area contributed by atoms with Crippen LogP contribution in [0.25, 0.3) is 10.9 Å². The summed E-state index contributed by atoms with van der Waals surface area (Å²) in [6.07, 6.45) is 0. The number of benzene rings is 1. The summed E-state index contributed by atoms with van der Waals surface area (Å²) in [4.78, 5) is 49.5. The predicted molar refractivity (Wildman–Crippen MR) is 88.4 cm³/mol. The molecule has 0 bridgehead atoms. The molecule has 1 aromatic carbocycles. The Balaban J connectivity index is 1.82. The number of hydrogen-bond acceptors (Lipinski definition) is 7. The lowest BCUT2D eigenvalue weighted by Gasteiger charge is -2.17. The van der Waals surface area contributed by atoms with Crippen molar-refractivity contribution in [2.24, 2.45) is 5.10 Å². The summed E-state index contributed by atoms with van der Waals surface area (Å²) in [7, 11) is 0. The molecule has 0 radical (unpaired) electrons. The van der Waals surface area contributed by atoms with Crippen LogP contribution in [0, 0.1) is 17.0 Å². The fraction of sp³-hybridized carbons (Fsp3) is 0.133. The number of aromatic nitrogens is 1. The summed E-state index contributed by atoms with van der Waals surface area (Å²) < 4.78 is 0. The number of nitro groups is 1. The Labute approximate surface area is 145 Å². The van der Waals surface area contributed by atoms with E-state index < -0.39 is 34.6 Å². The van der Waals surface area contributed by atoms with Crippen LogP contribution in [0.2, 0.25) is 0 Å². The maximum absolute atomic E-state index is 12.4. The Morgan fingerprint density at radius 2 is 1.92 bits per heavy atom. The molecule has 11 nitrogen and oxygen atoms in total. The third-order valence-electron chi connectivity index (χ3n) is 3.55. The van der Waals surface area contributed by atoms with Gasteiger partial charge in [0.1, 0.15) is 0 Å². The first-order valence-electron chi connectivity index (χ1n) is 7.36. The maximum atomic E-state index is 12.4. The molecular formula is C15H12N6O5. The Hall–Kier alpha value is -3.89. The molecule has 11 heteroatoms. The van der Waals surface area contributed by atoms with E-state index in [0.717, 1.165) is 0 Å². The molecule has 0 aliphatic carbocycles. The monoisotopic (exact) mass is 356 g/mol. The Morgan fingerprint density at radius 1 is 1.27 bits per heavy atom. The minimum Gasteiger partial charge on any atom is -0.288 e. The molecular weight excluding hydrogens is 344 g/mol. The van der Waals surface area contributed by atoms with Crippen LogP contribution in [0.4, 0.5) is 0 Å². The lowest BCUT2D eigenvalue weighted by atomic mass is 10.1. The molecule has 1 aliphatic rings. The van der Waals surface area contributed by atoms with Gasteiger partial charge < -0.3 is 0 Å². The molecule has 0 spiro atoms. The second-order valence-electron chi connectivity index (χ2n) is 5.40. The van der Waals surface area contributed by atoms with Gasteiger partial charge in [-0.15, -0.1) is 5.10 Å². The number of hydrogen-bond donors (Lipinski definition) is 3. The Bertz CT molecular complexity index is 966. The summed E-state index contributed by atoms with van der Waals surface area (Å²) in [5.74, 6) is -3.28. The van der Waals surface area contributed by atoms with Crippen LogP contribution < -0.4 is 16.1 Å². The second kappa shape index (κ2) is 6.55. The smallest absolute Gasteiger partial charge is 0.288 e. The van der Waals surface area contributed by atoms with Gasteiger partial charge in [0.2, 0.25) is 5.96 Å². The molecule has 1 aromatic heterocycles. The van der Waals surface area contributed by atoms with E-state index in [-0.39, 0.29) is 0 Å². The SMILES string of the molecule is Cc1cc(C(=O)NN=C2NC(=O)C([N+](=O)[O-])C(=O)N2)c2ccccc2n1. The summed E-state index contributed by atoms with van der Waals surface area (Å²) in [6, 6.07) is 6.52. The van der Waals surface area contributed by atoms with Gasteiger partial charge in [-0.2, -0.15) is 0 Å². The maximum Gasteiger partial charge on any atom is 0.366 e. The van der Waals surface area contributed by atoms with Gasteiger partial charge in [-0.1, -0.05) is 18.2 Å². The van der Waals surface area contributed by atoms with Gasteiger partial charge in [0.25, 0.3) is 5.91 Å². The number of para-hydroxylation sites is 1. The van der Waals surface area contributed by atoms with Crippen molar-refractivity contribution >= 4 is 34.6 Å². The molecule has 1 fully saturated rings. The van der Waals surface area contributed by atoms with Gasteiger partial charge in [0.15, 0.2) is 0 Å². The zero-order valence-corrected chi connectivity index (χ0v) is 13.3. The van der Waals surface area contributed by atoms with Crippen LogP contribution in [0.1, 0.15) is 16.1 Å². The Kier molecular flexibility index (Phi) is 4.27. The van der Waals surface area contributed by atoms with Crippen molar-refractivity contribution < 1.29 is 19.3 Å². The highest BCUT2D eigenvalue weighted by Gasteiger charge is 2.43. The molecule has 3 amide bonds. The van der Waals surface area contributed by atoms with Crippen molar-refractivity contribution in [3.8, 4) is 0 Å². The zero-order valence-electron chi connectivity index (χ0n) is 13.3. The number of aryl methyl sites for hydroxylation is 1. The average Bonchev–Trinajstić information content (AvgIpc) is 2.58. The molecule has 1 aliphatic heterocycles. The van der Waals surface area contributed by atoms with Crippen LogP contribution in [0.15, 0.2) is 35.4 Å². The first-order chi connectivity index (χ1) is 12.4. The average molecular weight is 356 g/mol. The molecule has 1 saturated heterocycles. The minimum absolute atomic E-state index is 0.300. The Morgan fingerprint density at radius 3 is 2.58 bits per heavy atom. The van der Waals surface area contributed by atoms with E-state index in [9.17, 15) is 24.5 Å². The van der Waals surface area contributed by atoms with Crippen molar-refractivity contribution in [3.05, 3.63) is 51.7 Å². The molecule has 0 unspecified atom stereocenters. The van der Waals surface area contributed by atoms with E-state index in [1.165, 1.54) is 0 Å². The quantitative estimate of drug-likeness (QED) is 0.380. The third kappa shape index (κ3) is 3.17. The van der Waals surface area contributed by atoms with Crippen molar-refractivity contribution in [1.82, 2.24) is 21.0 Å². The third-order valence-corrected chi connectivity index (χ3v) is 3.55. The normalized spacial score (nSPS) is 16.7. The van der Waals surface area contributed by atoms with Crippen LogP contribution in [0.5, 0.6) is 0 Å². The number of hydrazone groups is 1. The van der Waals surface area contributed by atoms with E-state index in [1.54, 1.807) is 37.3 Å². The van der Waals surface area contributed by atoms with Gasteiger partial charge in [-0.3, -0.25) is 40.1 Å². The van der Waals surface area contributed by atoms with Gasteiger partial charge >= 0.3 is 17.9 Å². The highest BCUT2D eigenvalue weighted by atomic mass is 16.6. The lowest BCUT2D eigenvalue weighted by molar-refractivity contribution is -0.494. The first-order valence-corrected chi connectivity index (χ1v) is 7.36. The van der Waals surface area contributed by atoms with E-state index in [0.29, 0.717) is 22.2 Å². The highest BCUT2D eigenvalue weighted by molar-refractivity contribution is 6.19. The highest BCUT2D eigenvalue weighted by Crippen LogP contribution is 2.18. The fourth-order valence-electron chi connectivity index (χ4n) is 2.43. The minimum atomic E-state index is -2.06. The summed E-state index contributed by atoms with van der Waals surface area (Å²) >= 11 is 0. The molecule has 26 heavy (non-hydrogen) atoms. The number of nitrogens with one attached hydrogen (secondary N) is 3. The number of nitrogens with zero attached hydrogens (tertiary/aromatic N) is 3. The summed E-state index contributed by atoms with van der Waals surface area (Å²) in [6.45, 7) is 1.73. The van der Waals surface area contributed by atoms with Crippen LogP contribution in [0.3, 0.4) is 0 Å². The predicted octanol–water partition coefficient (Wildman–Crippen LogP) is -0.565. The van der Waals surface area contributed by atoms with Crippen molar-refractivity contribution in [2.75, 3.05) is 0 Å². The molecule has 3 N–H and O–H groups in total. The molecule has 132 valence electrons. The van der Waals surface area contributed by atoms with E-state index in [2.05, 4.69) is 15.5 Å². The number of pyridine rings is 1. The number of carbonyl (C=O) groups excluding carboxylic acids is 3. The molecule has 3 rings (SSSR count). The van der Waals surface area contributed by atoms with Crippen LogP contribution in [-0.2, 0) is 9.59 Å². The van der Waals surface area contributed by atoms with Crippen LogP contribution >= 0.6 is 0 Å². The topological polar surface area (TPSA) is 156 Å². The van der Waals surface area contributed by atoms with Gasteiger partial charge in [0.05, 0.1) is 11.1 Å². The van der Waals surface area contributed by atoms with E-state index >= 15 is 0 Å². The fourth-order valence-corrected chi connectivity index (χ4v) is 2.43. The second-order valence-corrected chi connectivity index (χ2v) is 5.40. The standard InChI is InChI=1S/C15H12N6O5/c1-7-6-9(8-4-2-3-5-10(8)16-7)12(22)19-20-15-17-13(23)11(21(25)26)14(24)18-15/h2-6,11H,1H3,(H,19,22)(H2,17,18,20,23,24). The van der Waals surface area contributed by atoms with Gasteiger partial charge in [-0.05, 0) is 19.1 Å². The molecule has 0 saturated carbocycles. The number of rotatable bonds is 3. The largest absolute Gasteiger partial charge is 0.366 e. The summed E-state index contributed by atoms with van der Waals surface area (Å²) in [5.41, 5.74) is 3.74. The van der Waals surface area contributed by atoms with Gasteiger partial charge in [0, 0.05) is 16.0 Å². The molecule has 2 heterocycles. The van der Waals surface area contributed by atoms with Crippen LogP contribution in [-0.4, -0.2) is 39.6 Å². The van der Waals surface area contributed by atoms with Gasteiger partial charge in [-0.25, -0.2) is 5.43 Å². The number of fused-ring (bicyclic) bond motifs is 1. The van der Waals surface area contributed by atoms with E-state index in [1.807, 2.05) is 10.6 Å². The lowest BCUT2D eigenvalue weighted by Crippen LogP contribution is -2.62. The van der Waals surface area contributed by atoms with E-state index in [4.69, 9.17) is 0 Å². The van der Waals surface area contributed by atoms with Crippen molar-refractivity contribution in [2.45, 2.75) is 13.0 Å². The van der Waals surface area contributed by atoms with Crippen molar-refractivity contribution in [1.29, 1.82) is 0 Å². The van der Waals surface area contributed by atoms with Crippen molar-refractivity contribution in [3.63, 3.8) is 0 Å².